The van der Waals surface area contributed by atoms with Gasteiger partial charge >= 0.3 is 0 Å². The van der Waals surface area contributed by atoms with Crippen LogP contribution in [0.1, 0.15) is 30.7 Å². The second-order valence-electron chi connectivity index (χ2n) is 4.07. The number of rotatable bonds is 5. The normalized spacial score (nSPS) is 12.6. The van der Waals surface area contributed by atoms with Gasteiger partial charge in [0.15, 0.2) is 0 Å². The molecule has 18 heavy (non-hydrogen) atoms. The van der Waals surface area contributed by atoms with Gasteiger partial charge in [0, 0.05) is 10.0 Å². The average Bonchev–Trinajstić information content (AvgIpc) is 2.88. The lowest BCUT2D eigenvalue weighted by molar-refractivity contribution is 0.447. The Kier molecular flexibility index (Phi) is 4.70. The molecule has 0 amide bonds. The molecule has 1 N–H and O–H groups in total. The highest BCUT2D eigenvalue weighted by molar-refractivity contribution is 6.33. The summed E-state index contributed by atoms with van der Waals surface area (Å²) in [6.07, 6.45) is 2.70. The summed E-state index contributed by atoms with van der Waals surface area (Å²) in [6, 6.07) is 9.21. The van der Waals surface area contributed by atoms with Gasteiger partial charge in [-0.15, -0.1) is 0 Å². The maximum atomic E-state index is 6.25. The van der Waals surface area contributed by atoms with Crippen LogP contribution in [0.5, 0.6) is 0 Å². The van der Waals surface area contributed by atoms with Crippen molar-refractivity contribution in [3.63, 3.8) is 0 Å². The van der Waals surface area contributed by atoms with Crippen LogP contribution in [0.2, 0.25) is 10.0 Å². The molecule has 0 spiro atoms. The van der Waals surface area contributed by atoms with Gasteiger partial charge in [0.2, 0.25) is 0 Å². The van der Waals surface area contributed by atoms with Gasteiger partial charge in [-0.05, 0) is 48.9 Å². The van der Waals surface area contributed by atoms with E-state index in [1.807, 2.05) is 24.3 Å². The van der Waals surface area contributed by atoms with Crippen molar-refractivity contribution in [3.8, 4) is 0 Å². The molecule has 1 aromatic heterocycles. The number of furan rings is 1. The van der Waals surface area contributed by atoms with Crippen molar-refractivity contribution in [3.05, 3.63) is 58.0 Å². The summed E-state index contributed by atoms with van der Waals surface area (Å²) in [6.45, 7) is 3.00. The largest absolute Gasteiger partial charge is 0.467 e. The minimum Gasteiger partial charge on any atom is -0.467 e. The molecule has 1 unspecified atom stereocenters. The molecule has 0 saturated carbocycles. The third-order valence-electron chi connectivity index (χ3n) is 2.70. The zero-order valence-corrected chi connectivity index (χ0v) is 11.6. The minimum atomic E-state index is -0.0638. The van der Waals surface area contributed by atoms with E-state index in [1.165, 1.54) is 0 Å². The fraction of sp³-hybridized carbons (Fsp3) is 0.286. The molecule has 0 aliphatic rings. The van der Waals surface area contributed by atoms with E-state index in [2.05, 4.69) is 12.2 Å². The molecule has 1 atom stereocenters. The predicted octanol–water partition coefficient (Wildman–Crippen LogP) is 4.68. The number of hydrogen-bond acceptors (Lipinski definition) is 2. The molecular formula is C14H15Cl2NO. The third-order valence-corrected chi connectivity index (χ3v) is 3.27. The van der Waals surface area contributed by atoms with E-state index >= 15 is 0 Å². The average molecular weight is 284 g/mol. The monoisotopic (exact) mass is 283 g/mol. The summed E-state index contributed by atoms with van der Waals surface area (Å²) >= 11 is 12.3. The van der Waals surface area contributed by atoms with E-state index in [9.17, 15) is 0 Å². The summed E-state index contributed by atoms with van der Waals surface area (Å²) in [5.74, 6) is 0.840. The van der Waals surface area contributed by atoms with E-state index in [0.717, 1.165) is 24.3 Å². The van der Waals surface area contributed by atoms with Crippen molar-refractivity contribution in [2.24, 2.45) is 0 Å². The molecule has 0 aliphatic carbocycles. The summed E-state index contributed by atoms with van der Waals surface area (Å²) in [5, 5.41) is 4.77. The summed E-state index contributed by atoms with van der Waals surface area (Å²) in [4.78, 5) is 0. The Morgan fingerprint density at radius 1 is 1.28 bits per heavy atom. The third kappa shape index (κ3) is 3.08. The highest BCUT2D eigenvalue weighted by Crippen LogP contribution is 2.30. The van der Waals surface area contributed by atoms with E-state index in [-0.39, 0.29) is 6.04 Å². The summed E-state index contributed by atoms with van der Waals surface area (Å²) in [7, 11) is 0. The standard InChI is InChI=1S/C14H15Cl2NO/c1-2-7-17-14(13-4-3-8-18-13)11-9-10(15)5-6-12(11)16/h3-6,8-9,14,17H,2,7H2,1H3. The quantitative estimate of drug-likeness (QED) is 0.862. The molecule has 0 aliphatic heterocycles. The fourth-order valence-electron chi connectivity index (χ4n) is 1.84. The second kappa shape index (κ2) is 6.28. The van der Waals surface area contributed by atoms with Crippen LogP contribution in [0, 0.1) is 0 Å². The van der Waals surface area contributed by atoms with Crippen LogP contribution in [0.25, 0.3) is 0 Å². The van der Waals surface area contributed by atoms with Crippen molar-refractivity contribution in [2.75, 3.05) is 6.54 Å². The number of hydrogen-bond donors (Lipinski definition) is 1. The SMILES string of the molecule is CCCNC(c1ccco1)c1cc(Cl)ccc1Cl. The molecular weight excluding hydrogens is 269 g/mol. The highest BCUT2D eigenvalue weighted by Gasteiger charge is 2.19. The smallest absolute Gasteiger partial charge is 0.125 e. The van der Waals surface area contributed by atoms with Crippen LogP contribution in [-0.2, 0) is 0 Å². The van der Waals surface area contributed by atoms with Gasteiger partial charge in [0.05, 0.1) is 12.3 Å². The molecule has 1 aromatic carbocycles. The Balaban J connectivity index is 2.36. The van der Waals surface area contributed by atoms with Gasteiger partial charge < -0.3 is 9.73 Å². The van der Waals surface area contributed by atoms with Crippen molar-refractivity contribution in [2.45, 2.75) is 19.4 Å². The number of benzene rings is 1. The highest BCUT2D eigenvalue weighted by atomic mass is 35.5. The topological polar surface area (TPSA) is 25.2 Å². The van der Waals surface area contributed by atoms with Gasteiger partial charge in [-0.1, -0.05) is 30.1 Å². The lowest BCUT2D eigenvalue weighted by atomic mass is 10.0. The van der Waals surface area contributed by atoms with Crippen LogP contribution in [-0.4, -0.2) is 6.54 Å². The van der Waals surface area contributed by atoms with E-state index in [0.29, 0.717) is 10.0 Å². The Morgan fingerprint density at radius 3 is 2.78 bits per heavy atom. The molecule has 0 bridgehead atoms. The molecule has 96 valence electrons. The van der Waals surface area contributed by atoms with Gasteiger partial charge in [-0.3, -0.25) is 0 Å². The molecule has 0 fully saturated rings. The maximum Gasteiger partial charge on any atom is 0.125 e. The van der Waals surface area contributed by atoms with E-state index in [1.54, 1.807) is 12.3 Å². The summed E-state index contributed by atoms with van der Waals surface area (Å²) < 4.78 is 5.48. The van der Waals surface area contributed by atoms with E-state index < -0.39 is 0 Å². The zero-order valence-electron chi connectivity index (χ0n) is 10.1. The first-order chi connectivity index (χ1) is 8.72. The minimum absolute atomic E-state index is 0.0638. The van der Waals surface area contributed by atoms with Gasteiger partial charge in [-0.25, -0.2) is 0 Å². The molecule has 4 heteroatoms. The lowest BCUT2D eigenvalue weighted by Crippen LogP contribution is -2.23. The second-order valence-corrected chi connectivity index (χ2v) is 4.91. The van der Waals surface area contributed by atoms with E-state index in [4.69, 9.17) is 27.6 Å². The van der Waals surface area contributed by atoms with Crippen molar-refractivity contribution in [1.29, 1.82) is 0 Å². The Labute approximate surface area is 117 Å². The van der Waals surface area contributed by atoms with Gasteiger partial charge in [0.1, 0.15) is 5.76 Å². The fourth-order valence-corrected chi connectivity index (χ4v) is 2.25. The van der Waals surface area contributed by atoms with Crippen molar-refractivity contribution >= 4 is 23.2 Å². The molecule has 1 heterocycles. The van der Waals surface area contributed by atoms with Gasteiger partial charge in [0.25, 0.3) is 0 Å². The Hall–Kier alpha value is -0.960. The van der Waals surface area contributed by atoms with Crippen LogP contribution >= 0.6 is 23.2 Å². The van der Waals surface area contributed by atoms with Crippen molar-refractivity contribution in [1.82, 2.24) is 5.32 Å². The first kappa shape index (κ1) is 13.5. The molecule has 2 nitrogen and oxygen atoms in total. The van der Waals surface area contributed by atoms with Crippen LogP contribution < -0.4 is 5.32 Å². The lowest BCUT2D eigenvalue weighted by Gasteiger charge is -2.18. The Morgan fingerprint density at radius 2 is 2.11 bits per heavy atom. The molecule has 2 rings (SSSR count). The van der Waals surface area contributed by atoms with Crippen LogP contribution in [0.4, 0.5) is 0 Å². The van der Waals surface area contributed by atoms with Crippen molar-refractivity contribution < 1.29 is 4.42 Å². The summed E-state index contributed by atoms with van der Waals surface area (Å²) in [5.41, 5.74) is 0.938. The maximum absolute atomic E-state index is 6.25. The predicted molar refractivity (Wildman–Crippen MR) is 75.3 cm³/mol. The Bertz CT molecular complexity index is 497. The number of nitrogens with one attached hydrogen (secondary N) is 1. The van der Waals surface area contributed by atoms with Gasteiger partial charge in [-0.2, -0.15) is 0 Å². The number of halogens is 2. The molecule has 0 saturated heterocycles. The first-order valence-corrected chi connectivity index (χ1v) is 6.69. The molecule has 0 radical (unpaired) electrons. The van der Waals surface area contributed by atoms with Crippen LogP contribution in [0.3, 0.4) is 0 Å². The van der Waals surface area contributed by atoms with Crippen LogP contribution in [0.15, 0.2) is 41.0 Å². The zero-order chi connectivity index (χ0) is 13.0. The molecule has 2 aromatic rings. The first-order valence-electron chi connectivity index (χ1n) is 5.94.